The minimum atomic E-state index is -0.532. The molecular formula is C10H16N4O4S. The Kier molecular flexibility index (Phi) is 5.28. The molecule has 0 aromatic carbocycles. The first kappa shape index (κ1) is 15.4. The zero-order valence-electron chi connectivity index (χ0n) is 11.2. The highest BCUT2D eigenvalue weighted by Gasteiger charge is 2.18. The number of carbonyl (C=O) groups excluding carboxylic acids is 2. The summed E-state index contributed by atoms with van der Waals surface area (Å²) >= 11 is 1.10. The number of ether oxygens (including phenoxy) is 2. The molecule has 9 heteroatoms. The highest BCUT2D eigenvalue weighted by Crippen LogP contribution is 2.16. The summed E-state index contributed by atoms with van der Waals surface area (Å²) in [4.78, 5) is 22.6. The fourth-order valence-electron chi connectivity index (χ4n) is 1.08. The first-order chi connectivity index (χ1) is 8.81. The van der Waals surface area contributed by atoms with Crippen molar-refractivity contribution in [3.63, 3.8) is 0 Å². The first-order valence-electron chi connectivity index (χ1n) is 5.49. The van der Waals surface area contributed by atoms with E-state index >= 15 is 0 Å². The smallest absolute Gasteiger partial charge is 0.327 e. The van der Waals surface area contributed by atoms with Gasteiger partial charge >= 0.3 is 11.9 Å². The quantitative estimate of drug-likeness (QED) is 0.563. The van der Waals surface area contributed by atoms with Crippen molar-refractivity contribution >= 4 is 23.7 Å². The van der Waals surface area contributed by atoms with Crippen LogP contribution in [0.2, 0.25) is 0 Å². The molecule has 0 amide bonds. The van der Waals surface area contributed by atoms with Gasteiger partial charge < -0.3 is 9.47 Å². The lowest BCUT2D eigenvalue weighted by molar-refractivity contribution is -0.151. The Morgan fingerprint density at radius 3 is 2.58 bits per heavy atom. The van der Waals surface area contributed by atoms with Crippen LogP contribution in [0, 0.1) is 0 Å². The van der Waals surface area contributed by atoms with Crippen molar-refractivity contribution in [2.45, 2.75) is 38.1 Å². The summed E-state index contributed by atoms with van der Waals surface area (Å²) in [5, 5.41) is 11.2. The summed E-state index contributed by atoms with van der Waals surface area (Å²) in [7, 11) is 1.28. The molecule has 1 aromatic rings. The molecule has 0 aliphatic heterocycles. The third kappa shape index (κ3) is 5.69. The van der Waals surface area contributed by atoms with Crippen LogP contribution in [-0.2, 0) is 25.6 Å². The molecule has 19 heavy (non-hydrogen) atoms. The molecule has 106 valence electrons. The molecule has 8 nitrogen and oxygen atoms in total. The molecule has 0 saturated carbocycles. The van der Waals surface area contributed by atoms with Crippen LogP contribution in [0.5, 0.6) is 0 Å². The fraction of sp³-hybridized carbons (Fsp3) is 0.700. The van der Waals surface area contributed by atoms with E-state index in [-0.39, 0.29) is 18.3 Å². The van der Waals surface area contributed by atoms with Crippen LogP contribution in [0.15, 0.2) is 5.16 Å². The number of hydrogen-bond acceptors (Lipinski definition) is 8. The van der Waals surface area contributed by atoms with Gasteiger partial charge in [0, 0.05) is 0 Å². The first-order valence-corrected chi connectivity index (χ1v) is 6.48. The maximum atomic E-state index is 11.5. The van der Waals surface area contributed by atoms with Gasteiger partial charge in [0.25, 0.3) is 0 Å². The Morgan fingerprint density at radius 1 is 1.32 bits per heavy atom. The minimum absolute atomic E-state index is 0.0683. The summed E-state index contributed by atoms with van der Waals surface area (Å²) in [5.74, 6) is -0.768. The topological polar surface area (TPSA) is 96.2 Å². The van der Waals surface area contributed by atoms with Gasteiger partial charge in [0.1, 0.15) is 12.1 Å². The summed E-state index contributed by atoms with van der Waals surface area (Å²) in [6.45, 7) is 5.27. The van der Waals surface area contributed by atoms with Gasteiger partial charge in [-0.3, -0.25) is 9.59 Å². The Balaban J connectivity index is 2.52. The number of nitrogens with zero attached hydrogens (tertiary/aromatic N) is 4. The second-order valence-electron chi connectivity index (χ2n) is 4.57. The Labute approximate surface area is 114 Å². The SMILES string of the molecule is COC(=O)Cn1nnnc1SCC(=O)OC(C)(C)C. The monoisotopic (exact) mass is 288 g/mol. The maximum Gasteiger partial charge on any atom is 0.327 e. The number of hydrogen-bond donors (Lipinski definition) is 0. The number of methoxy groups -OCH3 is 1. The van der Waals surface area contributed by atoms with Crippen molar-refractivity contribution < 1.29 is 19.1 Å². The largest absolute Gasteiger partial charge is 0.468 e. The highest BCUT2D eigenvalue weighted by atomic mass is 32.2. The zero-order chi connectivity index (χ0) is 14.5. The van der Waals surface area contributed by atoms with E-state index in [0.717, 1.165) is 11.8 Å². The average molecular weight is 288 g/mol. The number of esters is 2. The molecule has 0 bridgehead atoms. The molecule has 0 N–H and O–H groups in total. The van der Waals surface area contributed by atoms with Crippen molar-refractivity contribution in [1.82, 2.24) is 20.2 Å². The van der Waals surface area contributed by atoms with Crippen molar-refractivity contribution in [3.05, 3.63) is 0 Å². The lowest BCUT2D eigenvalue weighted by Crippen LogP contribution is -2.25. The molecule has 0 spiro atoms. The summed E-state index contributed by atoms with van der Waals surface area (Å²) in [6.07, 6.45) is 0. The fourth-order valence-corrected chi connectivity index (χ4v) is 1.73. The van der Waals surface area contributed by atoms with E-state index in [4.69, 9.17) is 4.74 Å². The predicted molar refractivity (Wildman–Crippen MR) is 66.4 cm³/mol. The van der Waals surface area contributed by atoms with Gasteiger partial charge in [-0.2, -0.15) is 0 Å². The van der Waals surface area contributed by atoms with E-state index < -0.39 is 11.6 Å². The van der Waals surface area contributed by atoms with Crippen LogP contribution >= 0.6 is 11.8 Å². The van der Waals surface area contributed by atoms with Gasteiger partial charge in [0.15, 0.2) is 0 Å². The Bertz CT molecular complexity index is 455. The Morgan fingerprint density at radius 2 is 2.00 bits per heavy atom. The molecule has 0 saturated heterocycles. The van der Waals surface area contributed by atoms with E-state index in [0.29, 0.717) is 5.16 Å². The van der Waals surface area contributed by atoms with Gasteiger partial charge in [-0.05, 0) is 31.2 Å². The molecule has 0 radical (unpaired) electrons. The molecule has 0 aliphatic carbocycles. The summed E-state index contributed by atoms with van der Waals surface area (Å²) < 4.78 is 10.9. The van der Waals surface area contributed by atoms with Gasteiger partial charge in [0.05, 0.1) is 12.9 Å². The molecule has 1 aromatic heterocycles. The van der Waals surface area contributed by atoms with Crippen LogP contribution in [0.3, 0.4) is 0 Å². The summed E-state index contributed by atoms with van der Waals surface area (Å²) in [6, 6.07) is 0. The molecule has 0 unspecified atom stereocenters. The van der Waals surface area contributed by atoms with Crippen molar-refractivity contribution in [2.75, 3.05) is 12.9 Å². The lowest BCUT2D eigenvalue weighted by Gasteiger charge is -2.19. The third-order valence-electron chi connectivity index (χ3n) is 1.74. The molecule has 0 fully saturated rings. The second kappa shape index (κ2) is 6.50. The number of aromatic nitrogens is 4. The molecule has 0 atom stereocenters. The normalized spacial score (nSPS) is 11.2. The minimum Gasteiger partial charge on any atom is -0.468 e. The van der Waals surface area contributed by atoms with E-state index in [1.54, 1.807) is 20.8 Å². The van der Waals surface area contributed by atoms with Crippen LogP contribution in [-0.4, -0.2) is 50.6 Å². The van der Waals surface area contributed by atoms with E-state index in [1.807, 2.05) is 0 Å². The van der Waals surface area contributed by atoms with Crippen LogP contribution < -0.4 is 0 Å². The third-order valence-corrected chi connectivity index (χ3v) is 2.68. The molecular weight excluding hydrogens is 272 g/mol. The van der Waals surface area contributed by atoms with Crippen LogP contribution in [0.4, 0.5) is 0 Å². The average Bonchev–Trinajstić information content (AvgIpc) is 2.71. The lowest BCUT2D eigenvalue weighted by atomic mass is 10.2. The van der Waals surface area contributed by atoms with E-state index in [2.05, 4.69) is 20.3 Å². The van der Waals surface area contributed by atoms with Crippen LogP contribution in [0.25, 0.3) is 0 Å². The van der Waals surface area contributed by atoms with Gasteiger partial charge in [0.2, 0.25) is 5.16 Å². The number of thioether (sulfide) groups is 1. The van der Waals surface area contributed by atoms with E-state index in [9.17, 15) is 9.59 Å². The van der Waals surface area contributed by atoms with Crippen molar-refractivity contribution in [3.8, 4) is 0 Å². The van der Waals surface area contributed by atoms with Gasteiger partial charge in [-0.25, -0.2) is 4.68 Å². The van der Waals surface area contributed by atoms with Crippen molar-refractivity contribution in [1.29, 1.82) is 0 Å². The predicted octanol–water partition coefficient (Wildman–Crippen LogP) is 0.280. The standard InChI is InChI=1S/C10H16N4O4S/c1-10(2,3)18-8(16)6-19-9-11-12-13-14(9)5-7(15)17-4/h5-6H2,1-4H3. The zero-order valence-corrected chi connectivity index (χ0v) is 12.1. The van der Waals surface area contributed by atoms with Gasteiger partial charge in [-0.1, -0.05) is 11.8 Å². The molecule has 1 heterocycles. The highest BCUT2D eigenvalue weighted by molar-refractivity contribution is 7.99. The Hall–Kier alpha value is -1.64. The summed E-state index contributed by atoms with van der Waals surface area (Å²) in [5.41, 5.74) is -0.532. The number of rotatable bonds is 5. The molecule has 1 rings (SSSR count). The number of carbonyl (C=O) groups is 2. The number of tetrazole rings is 1. The molecule has 0 aliphatic rings. The van der Waals surface area contributed by atoms with E-state index in [1.165, 1.54) is 11.8 Å². The van der Waals surface area contributed by atoms with Crippen molar-refractivity contribution in [2.24, 2.45) is 0 Å². The van der Waals surface area contributed by atoms with Gasteiger partial charge in [-0.15, -0.1) is 5.10 Å². The maximum absolute atomic E-state index is 11.5. The van der Waals surface area contributed by atoms with Crippen LogP contribution in [0.1, 0.15) is 20.8 Å². The second-order valence-corrected chi connectivity index (χ2v) is 5.51.